The van der Waals surface area contributed by atoms with Gasteiger partial charge in [0.2, 0.25) is 0 Å². The molecule has 0 atom stereocenters. The maximum absolute atomic E-state index is 11.8. The van der Waals surface area contributed by atoms with Gasteiger partial charge in [0.1, 0.15) is 0 Å². The van der Waals surface area contributed by atoms with E-state index in [0.29, 0.717) is 18.8 Å². The average Bonchev–Trinajstić information content (AvgIpc) is 2.38. The van der Waals surface area contributed by atoms with E-state index in [2.05, 4.69) is 9.88 Å². The van der Waals surface area contributed by atoms with E-state index in [9.17, 15) is 4.79 Å². The van der Waals surface area contributed by atoms with E-state index in [1.165, 1.54) is 0 Å². The molecule has 0 aliphatic carbocycles. The highest BCUT2D eigenvalue weighted by atomic mass is 16.2. The van der Waals surface area contributed by atoms with Crippen molar-refractivity contribution in [1.82, 2.24) is 14.8 Å². The Hall–Kier alpha value is -1.98. The number of nitrogens with two attached hydrogens (primary N) is 1. The first-order valence-corrected chi connectivity index (χ1v) is 6.01. The van der Waals surface area contributed by atoms with Crippen molar-refractivity contribution in [2.45, 2.75) is 0 Å². The molecule has 1 saturated heterocycles. The predicted molar refractivity (Wildman–Crippen MR) is 71.5 cm³/mol. The predicted octanol–water partition coefficient (Wildman–Crippen LogP) is 0.467. The SMILES string of the molecule is CN(C)C(=O)N1CCN(c2ncccc2N)CC1. The first-order valence-electron chi connectivity index (χ1n) is 6.01. The fourth-order valence-corrected chi connectivity index (χ4v) is 2.07. The summed E-state index contributed by atoms with van der Waals surface area (Å²) >= 11 is 0. The minimum absolute atomic E-state index is 0.0589. The van der Waals surface area contributed by atoms with Gasteiger partial charge in [-0.3, -0.25) is 0 Å². The Morgan fingerprint density at radius 2 is 2.00 bits per heavy atom. The van der Waals surface area contributed by atoms with Gasteiger partial charge in [0, 0.05) is 46.5 Å². The molecule has 6 nitrogen and oxygen atoms in total. The Balaban J connectivity index is 1.99. The van der Waals surface area contributed by atoms with Crippen LogP contribution in [-0.4, -0.2) is 61.1 Å². The Kier molecular flexibility index (Phi) is 3.55. The molecule has 98 valence electrons. The Morgan fingerprint density at radius 1 is 1.33 bits per heavy atom. The molecule has 0 radical (unpaired) electrons. The van der Waals surface area contributed by atoms with Crippen LogP contribution in [0.3, 0.4) is 0 Å². The van der Waals surface area contributed by atoms with Gasteiger partial charge < -0.3 is 20.4 Å². The van der Waals surface area contributed by atoms with Crippen molar-refractivity contribution in [1.29, 1.82) is 0 Å². The molecule has 1 aromatic rings. The molecule has 2 amide bonds. The lowest BCUT2D eigenvalue weighted by Gasteiger charge is -2.36. The summed E-state index contributed by atoms with van der Waals surface area (Å²) in [6, 6.07) is 3.73. The molecule has 1 fully saturated rings. The van der Waals surface area contributed by atoms with Crippen molar-refractivity contribution >= 4 is 17.5 Å². The molecule has 6 heteroatoms. The zero-order chi connectivity index (χ0) is 13.1. The molecule has 1 aliphatic heterocycles. The second kappa shape index (κ2) is 5.12. The van der Waals surface area contributed by atoms with Crippen LogP contribution < -0.4 is 10.6 Å². The molecule has 0 aromatic carbocycles. The van der Waals surface area contributed by atoms with Crippen LogP contribution >= 0.6 is 0 Å². The zero-order valence-corrected chi connectivity index (χ0v) is 10.8. The van der Waals surface area contributed by atoms with Crippen LogP contribution in [-0.2, 0) is 0 Å². The van der Waals surface area contributed by atoms with E-state index < -0.39 is 0 Å². The first kappa shape index (κ1) is 12.5. The van der Waals surface area contributed by atoms with Gasteiger partial charge in [0.15, 0.2) is 5.82 Å². The van der Waals surface area contributed by atoms with Gasteiger partial charge >= 0.3 is 6.03 Å². The maximum atomic E-state index is 11.8. The molecule has 2 rings (SSSR count). The normalized spacial score (nSPS) is 15.7. The summed E-state index contributed by atoms with van der Waals surface area (Å²) in [6.45, 7) is 2.93. The standard InChI is InChI=1S/C12H19N5O/c1-15(2)12(18)17-8-6-16(7-9-17)11-10(13)4-3-5-14-11/h3-5H,6-9,13H2,1-2H3. The van der Waals surface area contributed by atoms with Crippen LogP contribution in [0.1, 0.15) is 0 Å². The Morgan fingerprint density at radius 3 is 2.56 bits per heavy atom. The molecule has 2 N–H and O–H groups in total. The van der Waals surface area contributed by atoms with E-state index in [0.717, 1.165) is 18.9 Å². The van der Waals surface area contributed by atoms with Gasteiger partial charge in [0.05, 0.1) is 5.69 Å². The number of piperazine rings is 1. The summed E-state index contributed by atoms with van der Waals surface area (Å²) in [4.78, 5) is 21.7. The lowest BCUT2D eigenvalue weighted by molar-refractivity contribution is 0.168. The molecule has 1 aliphatic rings. The number of rotatable bonds is 1. The first-order chi connectivity index (χ1) is 8.59. The van der Waals surface area contributed by atoms with Gasteiger partial charge in [-0.05, 0) is 12.1 Å². The van der Waals surface area contributed by atoms with Crippen LogP contribution in [0.25, 0.3) is 0 Å². The molecule has 0 saturated carbocycles. The summed E-state index contributed by atoms with van der Waals surface area (Å²) in [7, 11) is 3.54. The van der Waals surface area contributed by atoms with Gasteiger partial charge in [-0.25, -0.2) is 9.78 Å². The van der Waals surface area contributed by atoms with Crippen LogP contribution in [0.4, 0.5) is 16.3 Å². The third-order valence-corrected chi connectivity index (χ3v) is 3.05. The zero-order valence-electron chi connectivity index (χ0n) is 10.8. The van der Waals surface area contributed by atoms with E-state index in [-0.39, 0.29) is 6.03 Å². The monoisotopic (exact) mass is 249 g/mol. The van der Waals surface area contributed by atoms with E-state index in [1.807, 2.05) is 17.0 Å². The number of urea groups is 1. The van der Waals surface area contributed by atoms with Gasteiger partial charge in [-0.2, -0.15) is 0 Å². The summed E-state index contributed by atoms with van der Waals surface area (Å²) in [5.41, 5.74) is 6.59. The molecular formula is C12H19N5O. The number of nitrogen functional groups attached to an aromatic ring is 1. The number of pyridine rings is 1. The number of anilines is 2. The molecule has 0 spiro atoms. The molecule has 2 heterocycles. The molecule has 1 aromatic heterocycles. The highest BCUT2D eigenvalue weighted by Crippen LogP contribution is 2.20. The van der Waals surface area contributed by atoms with Crippen LogP contribution in [0.15, 0.2) is 18.3 Å². The highest BCUT2D eigenvalue weighted by molar-refractivity contribution is 5.74. The number of carbonyl (C=O) groups is 1. The summed E-state index contributed by atoms with van der Waals surface area (Å²) in [5, 5.41) is 0. The molecule has 0 unspecified atom stereocenters. The van der Waals surface area contributed by atoms with Crippen molar-refractivity contribution in [3.05, 3.63) is 18.3 Å². The molecule has 0 bridgehead atoms. The van der Waals surface area contributed by atoms with Gasteiger partial charge in [-0.1, -0.05) is 0 Å². The van der Waals surface area contributed by atoms with Crippen molar-refractivity contribution in [2.24, 2.45) is 0 Å². The van der Waals surface area contributed by atoms with Gasteiger partial charge in [0.25, 0.3) is 0 Å². The van der Waals surface area contributed by atoms with E-state index >= 15 is 0 Å². The van der Waals surface area contributed by atoms with Crippen molar-refractivity contribution in [3.8, 4) is 0 Å². The minimum Gasteiger partial charge on any atom is -0.396 e. The lowest BCUT2D eigenvalue weighted by atomic mass is 10.3. The number of carbonyl (C=O) groups excluding carboxylic acids is 1. The van der Waals surface area contributed by atoms with E-state index in [4.69, 9.17) is 5.73 Å². The fraction of sp³-hybridized carbons (Fsp3) is 0.500. The third kappa shape index (κ3) is 2.47. The fourth-order valence-electron chi connectivity index (χ4n) is 2.07. The summed E-state index contributed by atoms with van der Waals surface area (Å²) < 4.78 is 0. The van der Waals surface area contributed by atoms with Crippen molar-refractivity contribution in [3.63, 3.8) is 0 Å². The van der Waals surface area contributed by atoms with E-state index in [1.54, 1.807) is 25.2 Å². The summed E-state index contributed by atoms with van der Waals surface area (Å²) in [6.07, 6.45) is 1.74. The average molecular weight is 249 g/mol. The van der Waals surface area contributed by atoms with Crippen molar-refractivity contribution in [2.75, 3.05) is 50.9 Å². The molecular weight excluding hydrogens is 230 g/mol. The van der Waals surface area contributed by atoms with Crippen LogP contribution in [0, 0.1) is 0 Å². The minimum atomic E-state index is 0.0589. The quantitative estimate of drug-likeness (QED) is 0.785. The maximum Gasteiger partial charge on any atom is 0.319 e. The Bertz CT molecular complexity index is 426. The topological polar surface area (TPSA) is 65.7 Å². The third-order valence-electron chi connectivity index (χ3n) is 3.05. The largest absolute Gasteiger partial charge is 0.396 e. The number of hydrogen-bond acceptors (Lipinski definition) is 4. The van der Waals surface area contributed by atoms with Gasteiger partial charge in [-0.15, -0.1) is 0 Å². The number of amides is 2. The number of aromatic nitrogens is 1. The van der Waals surface area contributed by atoms with Crippen LogP contribution in [0.2, 0.25) is 0 Å². The van der Waals surface area contributed by atoms with Crippen molar-refractivity contribution < 1.29 is 4.79 Å². The Labute approximate surface area is 107 Å². The lowest BCUT2D eigenvalue weighted by Crippen LogP contribution is -2.51. The number of nitrogens with zero attached hydrogens (tertiary/aromatic N) is 4. The second-order valence-electron chi connectivity index (χ2n) is 4.57. The van der Waals surface area contributed by atoms with Crippen LogP contribution in [0.5, 0.6) is 0 Å². The number of hydrogen-bond donors (Lipinski definition) is 1. The summed E-state index contributed by atoms with van der Waals surface area (Å²) in [5.74, 6) is 0.814. The smallest absolute Gasteiger partial charge is 0.319 e. The second-order valence-corrected chi connectivity index (χ2v) is 4.57. The molecule has 18 heavy (non-hydrogen) atoms. The highest BCUT2D eigenvalue weighted by Gasteiger charge is 2.23.